The molecule has 1 aliphatic heterocycles. The molecule has 0 radical (unpaired) electrons. The molecule has 3 nitrogen and oxygen atoms in total. The predicted molar refractivity (Wildman–Crippen MR) is 58.2 cm³/mol. The highest BCUT2D eigenvalue weighted by Crippen LogP contribution is 2.27. The second-order valence-corrected chi connectivity index (χ2v) is 4.10. The minimum atomic E-state index is -0.296. The third-order valence-corrected chi connectivity index (χ3v) is 3.13. The van der Waals surface area contributed by atoms with Crippen LogP contribution in [-0.2, 0) is 0 Å². The van der Waals surface area contributed by atoms with Crippen LogP contribution in [0.1, 0.15) is 13.3 Å². The zero-order chi connectivity index (χ0) is 10.8. The molecular weight excluding hydrogens is 193 g/mol. The SMILES string of the molecule is CC1CCN(c2ccc(F)cn2)C1CN. The molecule has 15 heavy (non-hydrogen) atoms. The fraction of sp³-hybridized carbons (Fsp3) is 0.545. The van der Waals surface area contributed by atoms with Gasteiger partial charge in [0.2, 0.25) is 0 Å². The van der Waals surface area contributed by atoms with Gasteiger partial charge in [-0.15, -0.1) is 0 Å². The van der Waals surface area contributed by atoms with Crippen LogP contribution >= 0.6 is 0 Å². The summed E-state index contributed by atoms with van der Waals surface area (Å²) >= 11 is 0. The minimum Gasteiger partial charge on any atom is -0.352 e. The van der Waals surface area contributed by atoms with E-state index in [1.54, 1.807) is 6.07 Å². The van der Waals surface area contributed by atoms with Gasteiger partial charge in [0.05, 0.1) is 6.20 Å². The highest BCUT2D eigenvalue weighted by atomic mass is 19.1. The molecule has 1 fully saturated rings. The lowest BCUT2D eigenvalue weighted by molar-refractivity contribution is 0.517. The Bertz CT molecular complexity index is 325. The van der Waals surface area contributed by atoms with Crippen molar-refractivity contribution in [1.82, 2.24) is 4.98 Å². The van der Waals surface area contributed by atoms with Crippen LogP contribution in [0.3, 0.4) is 0 Å². The van der Waals surface area contributed by atoms with Crippen molar-refractivity contribution in [1.29, 1.82) is 0 Å². The molecule has 1 saturated heterocycles. The molecule has 2 rings (SSSR count). The van der Waals surface area contributed by atoms with E-state index in [2.05, 4.69) is 16.8 Å². The van der Waals surface area contributed by atoms with Crippen molar-refractivity contribution < 1.29 is 4.39 Å². The van der Waals surface area contributed by atoms with Crippen molar-refractivity contribution in [2.45, 2.75) is 19.4 Å². The highest BCUT2D eigenvalue weighted by molar-refractivity contribution is 5.41. The monoisotopic (exact) mass is 209 g/mol. The Labute approximate surface area is 89.1 Å². The van der Waals surface area contributed by atoms with E-state index in [0.717, 1.165) is 18.8 Å². The van der Waals surface area contributed by atoms with Crippen molar-refractivity contribution in [3.63, 3.8) is 0 Å². The lowest BCUT2D eigenvalue weighted by Crippen LogP contribution is -2.38. The molecule has 1 aromatic heterocycles. The van der Waals surface area contributed by atoms with Crippen molar-refractivity contribution in [2.75, 3.05) is 18.0 Å². The van der Waals surface area contributed by atoms with Gasteiger partial charge < -0.3 is 10.6 Å². The fourth-order valence-electron chi connectivity index (χ4n) is 2.19. The molecule has 0 bridgehead atoms. The fourth-order valence-corrected chi connectivity index (χ4v) is 2.19. The Hall–Kier alpha value is -1.16. The maximum atomic E-state index is 12.7. The van der Waals surface area contributed by atoms with E-state index in [1.807, 2.05) is 0 Å². The highest BCUT2D eigenvalue weighted by Gasteiger charge is 2.30. The number of nitrogens with zero attached hydrogens (tertiary/aromatic N) is 2. The number of rotatable bonds is 2. The quantitative estimate of drug-likeness (QED) is 0.800. The molecule has 0 aromatic carbocycles. The van der Waals surface area contributed by atoms with Gasteiger partial charge in [-0.05, 0) is 24.5 Å². The largest absolute Gasteiger partial charge is 0.352 e. The van der Waals surface area contributed by atoms with Gasteiger partial charge in [0.1, 0.15) is 11.6 Å². The summed E-state index contributed by atoms with van der Waals surface area (Å²) < 4.78 is 12.7. The maximum Gasteiger partial charge on any atom is 0.141 e. The molecule has 2 heterocycles. The lowest BCUT2D eigenvalue weighted by atomic mass is 10.0. The van der Waals surface area contributed by atoms with Crippen molar-refractivity contribution in [3.05, 3.63) is 24.1 Å². The molecule has 2 N–H and O–H groups in total. The summed E-state index contributed by atoms with van der Waals surface area (Å²) in [5.74, 6) is 1.12. The standard InChI is InChI=1S/C11H16FN3/c1-8-4-5-15(10(8)6-13)11-3-2-9(12)7-14-11/h2-3,7-8,10H,4-6,13H2,1H3. The molecule has 0 saturated carbocycles. The normalized spacial score (nSPS) is 25.9. The Morgan fingerprint density at radius 2 is 2.40 bits per heavy atom. The Kier molecular flexibility index (Phi) is 2.86. The minimum absolute atomic E-state index is 0.296. The Morgan fingerprint density at radius 3 is 3.00 bits per heavy atom. The predicted octanol–water partition coefficient (Wildman–Crippen LogP) is 1.39. The molecule has 0 spiro atoms. The van der Waals surface area contributed by atoms with E-state index in [1.165, 1.54) is 12.3 Å². The number of anilines is 1. The van der Waals surface area contributed by atoms with Crippen LogP contribution in [0.2, 0.25) is 0 Å². The van der Waals surface area contributed by atoms with Crippen LogP contribution in [0.4, 0.5) is 10.2 Å². The van der Waals surface area contributed by atoms with Gasteiger partial charge in [0.25, 0.3) is 0 Å². The second kappa shape index (κ2) is 4.14. The van der Waals surface area contributed by atoms with Crippen LogP contribution in [0.5, 0.6) is 0 Å². The van der Waals surface area contributed by atoms with Gasteiger partial charge in [-0.1, -0.05) is 6.92 Å². The van der Waals surface area contributed by atoms with E-state index in [0.29, 0.717) is 18.5 Å². The first-order valence-corrected chi connectivity index (χ1v) is 5.30. The molecule has 0 aliphatic carbocycles. The number of aromatic nitrogens is 1. The van der Waals surface area contributed by atoms with E-state index in [-0.39, 0.29) is 5.82 Å². The van der Waals surface area contributed by atoms with E-state index in [9.17, 15) is 4.39 Å². The summed E-state index contributed by atoms with van der Waals surface area (Å²) in [4.78, 5) is 6.26. The molecule has 82 valence electrons. The second-order valence-electron chi connectivity index (χ2n) is 4.10. The van der Waals surface area contributed by atoms with Crippen LogP contribution < -0.4 is 10.6 Å². The number of hydrogen-bond donors (Lipinski definition) is 1. The van der Waals surface area contributed by atoms with Crippen LogP contribution in [0, 0.1) is 11.7 Å². The smallest absolute Gasteiger partial charge is 0.141 e. The summed E-state index contributed by atoms with van der Waals surface area (Å²) in [6.07, 6.45) is 2.38. The molecule has 1 aromatic rings. The summed E-state index contributed by atoms with van der Waals surface area (Å²) in [5.41, 5.74) is 5.74. The van der Waals surface area contributed by atoms with Crippen LogP contribution in [0.25, 0.3) is 0 Å². The number of nitrogens with two attached hydrogens (primary N) is 1. The summed E-state index contributed by atoms with van der Waals surface area (Å²) in [5, 5.41) is 0. The maximum absolute atomic E-state index is 12.7. The Balaban J connectivity index is 2.20. The average molecular weight is 209 g/mol. The Morgan fingerprint density at radius 1 is 1.60 bits per heavy atom. The van der Waals surface area contributed by atoms with Gasteiger partial charge in [-0.3, -0.25) is 0 Å². The molecule has 2 unspecified atom stereocenters. The van der Waals surface area contributed by atoms with Gasteiger partial charge in [0, 0.05) is 19.1 Å². The van der Waals surface area contributed by atoms with E-state index in [4.69, 9.17) is 5.73 Å². The van der Waals surface area contributed by atoms with Gasteiger partial charge in [-0.25, -0.2) is 9.37 Å². The molecule has 0 amide bonds. The third-order valence-electron chi connectivity index (χ3n) is 3.13. The van der Waals surface area contributed by atoms with Crippen LogP contribution in [0.15, 0.2) is 18.3 Å². The average Bonchev–Trinajstić information content (AvgIpc) is 2.61. The van der Waals surface area contributed by atoms with Crippen molar-refractivity contribution in [2.24, 2.45) is 11.7 Å². The van der Waals surface area contributed by atoms with Gasteiger partial charge >= 0.3 is 0 Å². The van der Waals surface area contributed by atoms with Gasteiger partial charge in [-0.2, -0.15) is 0 Å². The molecule has 4 heteroatoms. The third kappa shape index (κ3) is 1.95. The zero-order valence-corrected chi connectivity index (χ0v) is 8.86. The first-order valence-electron chi connectivity index (χ1n) is 5.30. The first kappa shape index (κ1) is 10.4. The molecule has 2 atom stereocenters. The first-order chi connectivity index (χ1) is 7.22. The summed E-state index contributed by atoms with van der Waals surface area (Å²) in [6.45, 7) is 3.78. The number of pyridine rings is 1. The number of hydrogen-bond acceptors (Lipinski definition) is 3. The van der Waals surface area contributed by atoms with Gasteiger partial charge in [0.15, 0.2) is 0 Å². The van der Waals surface area contributed by atoms with Crippen LogP contribution in [-0.4, -0.2) is 24.1 Å². The number of halogens is 1. The summed E-state index contributed by atoms with van der Waals surface area (Å²) in [6, 6.07) is 3.50. The topological polar surface area (TPSA) is 42.2 Å². The zero-order valence-electron chi connectivity index (χ0n) is 8.86. The molecule has 1 aliphatic rings. The van der Waals surface area contributed by atoms with Crippen molar-refractivity contribution in [3.8, 4) is 0 Å². The van der Waals surface area contributed by atoms with E-state index < -0.39 is 0 Å². The lowest BCUT2D eigenvalue weighted by Gasteiger charge is -2.26. The van der Waals surface area contributed by atoms with E-state index >= 15 is 0 Å². The molecular formula is C11H16FN3. The van der Waals surface area contributed by atoms with Crippen molar-refractivity contribution >= 4 is 5.82 Å². The summed E-state index contributed by atoms with van der Waals surface area (Å²) in [7, 11) is 0.